The van der Waals surface area contributed by atoms with Gasteiger partial charge in [-0.15, -0.1) is 0 Å². The molecule has 1 aromatic carbocycles. The van der Waals surface area contributed by atoms with E-state index < -0.39 is 11.6 Å². The minimum absolute atomic E-state index is 0.133. The number of carbonyl (C=O) groups is 1. The molecule has 2 bridgehead atoms. The van der Waals surface area contributed by atoms with Crippen LogP contribution in [0.5, 0.6) is 5.75 Å². The molecule has 1 aromatic heterocycles. The number of aromatic nitrogens is 2. The van der Waals surface area contributed by atoms with Crippen LogP contribution in [0.1, 0.15) is 45.4 Å². The van der Waals surface area contributed by atoms with Crippen LogP contribution in [0, 0.1) is 5.92 Å². The zero-order valence-electron chi connectivity index (χ0n) is 22.6. The Morgan fingerprint density at radius 1 is 1.05 bits per heavy atom. The van der Waals surface area contributed by atoms with Gasteiger partial charge in [0.05, 0.1) is 12.3 Å². The quantitative estimate of drug-likeness (QED) is 0.498. The van der Waals surface area contributed by atoms with Gasteiger partial charge in [-0.3, -0.25) is 4.79 Å². The molecule has 0 aliphatic carbocycles. The average molecular weight is 526 g/mol. The highest BCUT2D eigenvalue weighted by molar-refractivity contribution is 5.86. The van der Waals surface area contributed by atoms with Gasteiger partial charge in [-0.1, -0.05) is 0 Å². The molecule has 0 saturated carbocycles. The van der Waals surface area contributed by atoms with Gasteiger partial charge in [0, 0.05) is 69.9 Å². The summed E-state index contributed by atoms with van der Waals surface area (Å²) in [6.45, 7) is 7.32. The number of hydrogen-bond donors (Lipinski definition) is 1. The van der Waals surface area contributed by atoms with Crippen molar-refractivity contribution < 1.29 is 18.7 Å². The van der Waals surface area contributed by atoms with Crippen LogP contribution >= 0.6 is 0 Å². The first-order valence-corrected chi connectivity index (χ1v) is 13.9. The molecule has 1 amide bonds. The number of amides is 1. The van der Waals surface area contributed by atoms with Crippen molar-refractivity contribution in [2.75, 3.05) is 57.9 Å². The summed E-state index contributed by atoms with van der Waals surface area (Å²) >= 11 is 0. The van der Waals surface area contributed by atoms with Gasteiger partial charge in [0.1, 0.15) is 5.75 Å². The average Bonchev–Trinajstić information content (AvgIpc) is 3.20. The molecule has 5 heterocycles. The van der Waals surface area contributed by atoms with E-state index in [0.29, 0.717) is 38.2 Å². The molecule has 4 aliphatic rings. The summed E-state index contributed by atoms with van der Waals surface area (Å²) in [6, 6.07) is 9.68. The molecule has 38 heavy (non-hydrogen) atoms. The van der Waals surface area contributed by atoms with Gasteiger partial charge < -0.3 is 24.6 Å². The summed E-state index contributed by atoms with van der Waals surface area (Å²) in [6.07, 6.45) is 5.86. The van der Waals surface area contributed by atoms with E-state index in [1.807, 2.05) is 35.2 Å². The number of methoxy groups -OCH3 is 1. The Bertz CT molecular complexity index is 1080. The second-order valence-corrected chi connectivity index (χ2v) is 11.2. The monoisotopic (exact) mass is 525 g/mol. The van der Waals surface area contributed by atoms with Crippen molar-refractivity contribution in [2.45, 2.75) is 56.7 Å². The lowest BCUT2D eigenvalue weighted by molar-refractivity contribution is -0.137. The molecule has 8 nitrogen and oxygen atoms in total. The van der Waals surface area contributed by atoms with Crippen molar-refractivity contribution in [1.29, 1.82) is 0 Å². The number of nitrogens with one attached hydrogen (secondary N) is 1. The zero-order valence-corrected chi connectivity index (χ0v) is 22.6. The maximum absolute atomic E-state index is 15.9. The van der Waals surface area contributed by atoms with E-state index >= 15 is 4.39 Å². The SMILES string of the molecule is COCCCOc1ccc(-c2ccnc(N3CCC(F)(C(=O)NC4(C)CCN5CCC4CC5)CC3)n2)cc1. The first-order chi connectivity index (χ1) is 18.4. The van der Waals surface area contributed by atoms with Crippen molar-refractivity contribution in [1.82, 2.24) is 20.2 Å². The Hall–Kier alpha value is -2.78. The van der Waals surface area contributed by atoms with Gasteiger partial charge >= 0.3 is 0 Å². The van der Waals surface area contributed by atoms with Crippen LogP contribution < -0.4 is 15.0 Å². The second kappa shape index (κ2) is 11.5. The number of fused-ring (bicyclic) bond motifs is 4. The van der Waals surface area contributed by atoms with Crippen molar-refractivity contribution in [3.8, 4) is 17.0 Å². The van der Waals surface area contributed by atoms with E-state index in [-0.39, 0.29) is 18.4 Å². The second-order valence-electron chi connectivity index (χ2n) is 11.2. The number of benzene rings is 1. The van der Waals surface area contributed by atoms with E-state index in [9.17, 15) is 4.79 Å². The topological polar surface area (TPSA) is 79.8 Å². The summed E-state index contributed by atoms with van der Waals surface area (Å²) in [5, 5.41) is 3.17. The van der Waals surface area contributed by atoms with Gasteiger partial charge in [0.25, 0.3) is 5.91 Å². The zero-order chi connectivity index (χ0) is 26.6. The Morgan fingerprint density at radius 2 is 1.79 bits per heavy atom. The third-order valence-electron chi connectivity index (χ3n) is 8.64. The molecule has 4 aliphatic heterocycles. The van der Waals surface area contributed by atoms with Crippen LogP contribution in [0.3, 0.4) is 0 Å². The molecule has 206 valence electrons. The highest BCUT2D eigenvalue weighted by Gasteiger charge is 2.47. The normalized spacial score (nSPS) is 26.6. The first kappa shape index (κ1) is 26.8. The number of hydrogen-bond acceptors (Lipinski definition) is 7. The molecular formula is C29H40FN5O3. The van der Waals surface area contributed by atoms with Crippen LogP contribution in [-0.4, -0.2) is 85.0 Å². The maximum Gasteiger partial charge on any atom is 0.258 e. The fourth-order valence-corrected chi connectivity index (χ4v) is 5.99. The maximum atomic E-state index is 15.9. The lowest BCUT2D eigenvalue weighted by Gasteiger charge is -2.41. The predicted molar refractivity (Wildman–Crippen MR) is 145 cm³/mol. The van der Waals surface area contributed by atoms with Crippen LogP contribution in [0.15, 0.2) is 36.5 Å². The lowest BCUT2D eigenvalue weighted by Crippen LogP contribution is -2.59. The van der Waals surface area contributed by atoms with E-state index in [0.717, 1.165) is 62.3 Å². The molecule has 1 atom stereocenters. The minimum atomic E-state index is -1.86. The Labute approximate surface area is 224 Å². The standard InChI is InChI=1S/C29H40FN5O3/c1-28(11-17-34-15-9-23(28)10-16-34)33-26(36)29(30)12-18-35(19-13-29)27-31-14-8-25(32-27)22-4-6-24(7-5-22)38-21-3-20-37-2/h4-8,14,23H,3,9-13,15-21H2,1-2H3,(H,33,36). The van der Waals surface area contributed by atoms with Gasteiger partial charge in [-0.2, -0.15) is 0 Å². The smallest absolute Gasteiger partial charge is 0.258 e. The van der Waals surface area contributed by atoms with Gasteiger partial charge in [0.2, 0.25) is 5.95 Å². The molecule has 1 unspecified atom stereocenters. The van der Waals surface area contributed by atoms with Crippen molar-refractivity contribution in [3.05, 3.63) is 36.5 Å². The molecule has 4 saturated heterocycles. The predicted octanol–water partition coefficient (Wildman–Crippen LogP) is 3.86. The Kier molecular flexibility index (Phi) is 8.14. The highest BCUT2D eigenvalue weighted by Crippen LogP contribution is 2.37. The number of alkyl halides is 1. The third kappa shape index (κ3) is 5.94. The molecule has 0 spiro atoms. The van der Waals surface area contributed by atoms with E-state index in [4.69, 9.17) is 14.5 Å². The van der Waals surface area contributed by atoms with E-state index in [2.05, 4.69) is 22.1 Å². The fraction of sp³-hybridized carbons (Fsp3) is 0.621. The number of ether oxygens (including phenoxy) is 2. The number of carbonyl (C=O) groups excluding carboxylic acids is 1. The number of anilines is 1. The number of nitrogens with zero attached hydrogens (tertiary/aromatic N) is 4. The molecule has 4 fully saturated rings. The lowest BCUT2D eigenvalue weighted by atomic mass is 9.78. The molecule has 6 rings (SSSR count). The number of halogens is 1. The first-order valence-electron chi connectivity index (χ1n) is 13.9. The van der Waals surface area contributed by atoms with Crippen LogP contribution in [0.4, 0.5) is 10.3 Å². The van der Waals surface area contributed by atoms with Crippen LogP contribution in [0.2, 0.25) is 0 Å². The highest BCUT2D eigenvalue weighted by atomic mass is 19.1. The van der Waals surface area contributed by atoms with Crippen LogP contribution in [-0.2, 0) is 9.53 Å². The molecule has 9 heteroatoms. The molecule has 2 aromatic rings. The molecule has 0 radical (unpaired) electrons. The molecular weight excluding hydrogens is 485 g/mol. The largest absolute Gasteiger partial charge is 0.494 e. The summed E-state index contributed by atoms with van der Waals surface area (Å²) in [5.74, 6) is 1.34. The van der Waals surface area contributed by atoms with Crippen LogP contribution in [0.25, 0.3) is 11.3 Å². The summed E-state index contributed by atoms with van der Waals surface area (Å²) in [5.41, 5.74) is -0.444. The summed E-state index contributed by atoms with van der Waals surface area (Å²) in [4.78, 5) is 26.8. The van der Waals surface area contributed by atoms with E-state index in [1.54, 1.807) is 13.3 Å². The number of rotatable bonds is 9. The van der Waals surface area contributed by atoms with E-state index in [1.165, 1.54) is 0 Å². The third-order valence-corrected chi connectivity index (χ3v) is 8.64. The minimum Gasteiger partial charge on any atom is -0.494 e. The van der Waals surface area contributed by atoms with Crippen molar-refractivity contribution in [2.24, 2.45) is 5.92 Å². The summed E-state index contributed by atoms with van der Waals surface area (Å²) < 4.78 is 26.7. The van der Waals surface area contributed by atoms with Gasteiger partial charge in [-0.05, 0) is 75.5 Å². The van der Waals surface area contributed by atoms with Crippen molar-refractivity contribution in [3.63, 3.8) is 0 Å². The van der Waals surface area contributed by atoms with Crippen molar-refractivity contribution >= 4 is 11.9 Å². The Morgan fingerprint density at radius 3 is 2.50 bits per heavy atom. The van der Waals surface area contributed by atoms with Gasteiger partial charge in [-0.25, -0.2) is 14.4 Å². The van der Waals surface area contributed by atoms with Gasteiger partial charge in [0.15, 0.2) is 5.67 Å². The number of piperidine rings is 2. The molecule has 1 N–H and O–H groups in total. The fourth-order valence-electron chi connectivity index (χ4n) is 5.99. The summed E-state index contributed by atoms with van der Waals surface area (Å²) in [7, 11) is 1.68. The Balaban J connectivity index is 1.18.